The zero-order valence-electron chi connectivity index (χ0n) is 21.1. The summed E-state index contributed by atoms with van der Waals surface area (Å²) in [4.78, 5) is 18.3. The molecule has 0 saturated heterocycles. The number of anilines is 1. The van der Waals surface area contributed by atoms with Crippen LogP contribution in [-0.2, 0) is 15.3 Å². The second kappa shape index (κ2) is 11.6. The normalized spacial score (nSPS) is 17.8. The van der Waals surface area contributed by atoms with Crippen molar-refractivity contribution in [2.45, 2.75) is 69.0 Å². The van der Waals surface area contributed by atoms with Crippen LogP contribution in [0.4, 0.5) is 5.95 Å². The van der Waals surface area contributed by atoms with E-state index < -0.39 is 6.04 Å². The number of ether oxygens (including phenoxy) is 2. The minimum absolute atomic E-state index is 0.0404. The van der Waals surface area contributed by atoms with Gasteiger partial charge in [-0.15, -0.1) is 5.10 Å². The van der Waals surface area contributed by atoms with E-state index in [0.29, 0.717) is 29.0 Å². The molecule has 194 valence electrons. The van der Waals surface area contributed by atoms with E-state index in [0.717, 1.165) is 53.3 Å². The largest absolute Gasteiger partial charge is 0.494 e. The van der Waals surface area contributed by atoms with Gasteiger partial charge in [0.2, 0.25) is 11.1 Å². The van der Waals surface area contributed by atoms with Gasteiger partial charge in [-0.1, -0.05) is 60.1 Å². The number of thioether (sulfide) groups is 1. The van der Waals surface area contributed by atoms with Gasteiger partial charge in [0.05, 0.1) is 12.2 Å². The summed E-state index contributed by atoms with van der Waals surface area (Å²) < 4.78 is 13.4. The van der Waals surface area contributed by atoms with Crippen molar-refractivity contribution in [2.75, 3.05) is 11.9 Å². The van der Waals surface area contributed by atoms with Crippen LogP contribution in [0, 0.1) is 0 Å². The third kappa shape index (κ3) is 5.80. The highest BCUT2D eigenvalue weighted by Gasteiger charge is 2.36. The van der Waals surface area contributed by atoms with E-state index in [1.807, 2.05) is 62.4 Å². The zero-order valence-corrected chi connectivity index (χ0v) is 22.6. The first-order valence-corrected chi connectivity index (χ1v) is 14.1. The Kier molecular flexibility index (Phi) is 8.05. The lowest BCUT2D eigenvalue weighted by molar-refractivity contribution is -0.146. The quantitative estimate of drug-likeness (QED) is 0.250. The van der Waals surface area contributed by atoms with Crippen molar-refractivity contribution >= 4 is 35.3 Å². The van der Waals surface area contributed by atoms with Crippen molar-refractivity contribution in [3.05, 3.63) is 76.0 Å². The fourth-order valence-electron chi connectivity index (χ4n) is 4.83. The predicted octanol–water partition coefficient (Wildman–Crippen LogP) is 6.79. The number of hydrogen-bond acceptors (Lipinski definition) is 7. The summed E-state index contributed by atoms with van der Waals surface area (Å²) >= 11 is 7.85. The molecule has 0 radical (unpaired) electrons. The lowest BCUT2D eigenvalue weighted by Gasteiger charge is -2.30. The molecule has 7 nitrogen and oxygen atoms in total. The van der Waals surface area contributed by atoms with E-state index in [-0.39, 0.29) is 12.1 Å². The zero-order chi connectivity index (χ0) is 25.8. The smallest absolute Gasteiger partial charge is 0.338 e. The number of aromatic nitrogens is 3. The van der Waals surface area contributed by atoms with Crippen LogP contribution in [-0.4, -0.2) is 33.4 Å². The number of halogens is 1. The van der Waals surface area contributed by atoms with Gasteiger partial charge in [-0.05, 0) is 68.9 Å². The molecule has 5 rings (SSSR count). The molecule has 1 aliphatic carbocycles. The van der Waals surface area contributed by atoms with Gasteiger partial charge in [-0.2, -0.15) is 4.98 Å². The minimum Gasteiger partial charge on any atom is -0.494 e. The molecule has 1 unspecified atom stereocenters. The van der Waals surface area contributed by atoms with Crippen LogP contribution in [0.15, 0.2) is 65.0 Å². The Morgan fingerprint density at radius 2 is 1.89 bits per heavy atom. The molecule has 1 aliphatic heterocycles. The van der Waals surface area contributed by atoms with Crippen LogP contribution in [0.2, 0.25) is 5.02 Å². The molecule has 3 aromatic rings. The number of carbonyl (C=O) groups excluding carboxylic acids is 1. The van der Waals surface area contributed by atoms with Crippen LogP contribution < -0.4 is 10.1 Å². The van der Waals surface area contributed by atoms with Gasteiger partial charge >= 0.3 is 5.97 Å². The molecule has 0 spiro atoms. The molecule has 2 heterocycles. The summed E-state index contributed by atoms with van der Waals surface area (Å²) in [6.07, 6.45) is 5.17. The molecule has 1 saturated carbocycles. The monoisotopic (exact) mass is 538 g/mol. The molecule has 1 fully saturated rings. The van der Waals surface area contributed by atoms with Crippen LogP contribution >= 0.6 is 23.4 Å². The highest BCUT2D eigenvalue weighted by Crippen LogP contribution is 2.38. The standard InChI is InChI=1S/C28H31ClN4O3S/c1-3-35-21-15-13-19(14-16-21)25-24(26(34)36-22-10-5-4-6-11-22)18(2)30-27-31-28(32-33(25)27)37-17-20-9-7-8-12-23(20)29/h7-9,12-16,22,25H,3-6,10-11,17H2,1-2H3,(H,30,31,32). The number of fused-ring (bicyclic) bond motifs is 1. The third-order valence-corrected chi connectivity index (χ3v) is 7.96. The molecular formula is C28H31ClN4O3S. The summed E-state index contributed by atoms with van der Waals surface area (Å²) in [5.41, 5.74) is 3.20. The van der Waals surface area contributed by atoms with Gasteiger partial charge in [0.15, 0.2) is 0 Å². The van der Waals surface area contributed by atoms with Crippen molar-refractivity contribution in [1.82, 2.24) is 14.8 Å². The van der Waals surface area contributed by atoms with Crippen molar-refractivity contribution in [2.24, 2.45) is 0 Å². The predicted molar refractivity (Wildman–Crippen MR) is 146 cm³/mol. The number of esters is 1. The maximum Gasteiger partial charge on any atom is 0.338 e. The van der Waals surface area contributed by atoms with Gasteiger partial charge in [-0.3, -0.25) is 0 Å². The molecule has 1 aromatic heterocycles. The van der Waals surface area contributed by atoms with E-state index in [2.05, 4.69) is 5.32 Å². The average Bonchev–Trinajstić information content (AvgIpc) is 3.31. The fraction of sp³-hybridized carbons (Fsp3) is 0.393. The number of allylic oxidation sites excluding steroid dienone is 1. The first-order chi connectivity index (χ1) is 18.0. The summed E-state index contributed by atoms with van der Waals surface area (Å²) in [5.74, 6) is 1.70. The number of benzene rings is 2. The number of rotatable bonds is 8. The molecule has 1 N–H and O–H groups in total. The molecule has 2 aromatic carbocycles. The van der Waals surface area contributed by atoms with Gasteiger partial charge in [0.25, 0.3) is 0 Å². The Morgan fingerprint density at radius 1 is 1.14 bits per heavy atom. The van der Waals surface area contributed by atoms with E-state index in [4.69, 9.17) is 31.2 Å². The van der Waals surface area contributed by atoms with Gasteiger partial charge in [0, 0.05) is 16.5 Å². The lowest BCUT2D eigenvalue weighted by atomic mass is 9.95. The highest BCUT2D eigenvalue weighted by molar-refractivity contribution is 7.98. The Morgan fingerprint density at radius 3 is 2.62 bits per heavy atom. The highest BCUT2D eigenvalue weighted by atomic mass is 35.5. The number of nitrogens with one attached hydrogen (secondary N) is 1. The fourth-order valence-corrected chi connectivity index (χ4v) is 5.95. The summed E-state index contributed by atoms with van der Waals surface area (Å²) in [5, 5.41) is 9.43. The number of carbonyl (C=O) groups is 1. The van der Waals surface area contributed by atoms with Crippen LogP contribution in [0.5, 0.6) is 5.75 Å². The SMILES string of the molecule is CCOc1ccc(C2C(C(=O)OC3CCCCC3)=C(C)Nc3nc(SCc4ccccc4Cl)nn32)cc1. The molecule has 9 heteroatoms. The molecule has 2 aliphatic rings. The second-order valence-corrected chi connectivity index (χ2v) is 10.6. The van der Waals surface area contributed by atoms with E-state index in [9.17, 15) is 4.79 Å². The van der Waals surface area contributed by atoms with Crippen LogP contribution in [0.1, 0.15) is 63.1 Å². The van der Waals surface area contributed by atoms with Gasteiger partial charge < -0.3 is 14.8 Å². The maximum atomic E-state index is 13.6. The lowest BCUT2D eigenvalue weighted by Crippen LogP contribution is -2.32. The van der Waals surface area contributed by atoms with Crippen LogP contribution in [0.25, 0.3) is 0 Å². The topological polar surface area (TPSA) is 78.3 Å². The molecule has 0 amide bonds. The number of hydrogen-bond donors (Lipinski definition) is 1. The van der Waals surface area contributed by atoms with E-state index >= 15 is 0 Å². The Labute approximate surface area is 226 Å². The van der Waals surface area contributed by atoms with Gasteiger partial charge in [-0.25, -0.2) is 9.48 Å². The second-order valence-electron chi connectivity index (χ2n) is 9.28. The molecule has 0 bridgehead atoms. The van der Waals surface area contributed by atoms with Crippen molar-refractivity contribution < 1.29 is 14.3 Å². The molecular weight excluding hydrogens is 508 g/mol. The number of nitrogens with zero attached hydrogens (tertiary/aromatic N) is 3. The van der Waals surface area contributed by atoms with E-state index in [1.54, 1.807) is 4.68 Å². The summed E-state index contributed by atoms with van der Waals surface area (Å²) in [7, 11) is 0. The first-order valence-electron chi connectivity index (χ1n) is 12.8. The van der Waals surface area contributed by atoms with Crippen molar-refractivity contribution in [3.63, 3.8) is 0 Å². The molecule has 37 heavy (non-hydrogen) atoms. The van der Waals surface area contributed by atoms with E-state index in [1.165, 1.54) is 18.2 Å². The third-order valence-electron chi connectivity index (χ3n) is 6.70. The van der Waals surface area contributed by atoms with Crippen molar-refractivity contribution in [1.29, 1.82) is 0 Å². The summed E-state index contributed by atoms with van der Waals surface area (Å²) in [6, 6.07) is 15.1. The summed E-state index contributed by atoms with van der Waals surface area (Å²) in [6.45, 7) is 4.44. The Bertz CT molecular complexity index is 1280. The Balaban J connectivity index is 1.46. The Hall–Kier alpha value is -2.97. The molecule has 1 atom stereocenters. The minimum atomic E-state index is -0.467. The maximum absolute atomic E-state index is 13.6. The van der Waals surface area contributed by atoms with Crippen LogP contribution in [0.3, 0.4) is 0 Å². The van der Waals surface area contributed by atoms with Crippen molar-refractivity contribution in [3.8, 4) is 5.75 Å². The average molecular weight is 539 g/mol. The first kappa shape index (κ1) is 25.7. The van der Waals surface area contributed by atoms with Gasteiger partial charge in [0.1, 0.15) is 17.9 Å².